The highest BCUT2D eigenvalue weighted by Crippen LogP contribution is 2.37. The highest BCUT2D eigenvalue weighted by molar-refractivity contribution is 6.30. The number of esters is 1. The standard InChI is InChI=1S/C28H31ClN4O6/c1-38-28(37)19-5-4-6-20-22(19)23(24(39-20)26(35)31-21-12-11-18(29)15-30-21)32-25(34)16-7-9-17(10-8-16)27(36)33-13-2-3-14-33/h4-6,11-12,15-17,27,36H,2-3,7-10,13-14H2,1H3,(H,32,34)(H,30,31,35)/t16-,17-,27?. The van der Waals surface area contributed by atoms with E-state index in [1.165, 1.54) is 19.4 Å². The minimum atomic E-state index is -0.649. The first-order valence-electron chi connectivity index (χ1n) is 13.2. The predicted octanol–water partition coefficient (Wildman–Crippen LogP) is 4.68. The average Bonchev–Trinajstić information content (AvgIpc) is 3.62. The molecule has 1 saturated heterocycles. The fourth-order valence-electron chi connectivity index (χ4n) is 5.54. The zero-order chi connectivity index (χ0) is 27.5. The first-order chi connectivity index (χ1) is 18.9. The molecule has 0 spiro atoms. The second-order valence-corrected chi connectivity index (χ2v) is 10.5. The third-order valence-electron chi connectivity index (χ3n) is 7.62. The van der Waals surface area contributed by atoms with Crippen molar-refractivity contribution in [2.45, 2.75) is 44.8 Å². The molecule has 2 aliphatic rings. The summed E-state index contributed by atoms with van der Waals surface area (Å²) in [6.07, 6.45) is 5.79. The molecule has 39 heavy (non-hydrogen) atoms. The molecule has 3 heterocycles. The lowest BCUT2D eigenvalue weighted by Crippen LogP contribution is -2.41. The van der Waals surface area contributed by atoms with Crippen LogP contribution in [0.25, 0.3) is 11.0 Å². The molecule has 3 N–H and O–H groups in total. The summed E-state index contributed by atoms with van der Waals surface area (Å²) >= 11 is 5.89. The Hall–Kier alpha value is -3.47. The number of nitrogens with one attached hydrogen (secondary N) is 2. The molecule has 1 aliphatic heterocycles. The quantitative estimate of drug-likeness (QED) is 0.358. The molecule has 3 aromatic rings. The Balaban J connectivity index is 1.39. The van der Waals surface area contributed by atoms with Gasteiger partial charge in [-0.15, -0.1) is 0 Å². The Kier molecular flexibility index (Phi) is 8.15. The number of nitrogens with zero attached hydrogens (tertiary/aromatic N) is 2. The molecular formula is C28H31ClN4O6. The predicted molar refractivity (Wildman–Crippen MR) is 146 cm³/mol. The first kappa shape index (κ1) is 27.1. The Bertz CT molecular complexity index is 1360. The van der Waals surface area contributed by atoms with Crippen LogP contribution in [0, 0.1) is 11.8 Å². The largest absolute Gasteiger partial charge is 0.465 e. The van der Waals surface area contributed by atoms with Crippen molar-refractivity contribution in [2.75, 3.05) is 30.8 Å². The van der Waals surface area contributed by atoms with Crippen LogP contribution in [0.2, 0.25) is 5.02 Å². The smallest absolute Gasteiger partial charge is 0.338 e. The minimum absolute atomic E-state index is 0.0988. The monoisotopic (exact) mass is 554 g/mol. The highest BCUT2D eigenvalue weighted by Gasteiger charge is 2.35. The number of likely N-dealkylation sites (tertiary alicyclic amines) is 1. The number of hydrogen-bond acceptors (Lipinski definition) is 8. The van der Waals surface area contributed by atoms with Crippen molar-refractivity contribution in [2.24, 2.45) is 11.8 Å². The number of pyridine rings is 1. The molecule has 0 radical (unpaired) electrons. The summed E-state index contributed by atoms with van der Waals surface area (Å²) in [6.45, 7) is 1.82. The maximum Gasteiger partial charge on any atom is 0.338 e. The Morgan fingerprint density at radius 1 is 1.10 bits per heavy atom. The van der Waals surface area contributed by atoms with Crippen molar-refractivity contribution in [3.63, 3.8) is 0 Å². The number of rotatable bonds is 7. The fraction of sp³-hybridized carbons (Fsp3) is 0.429. The van der Waals surface area contributed by atoms with E-state index in [-0.39, 0.29) is 51.5 Å². The van der Waals surface area contributed by atoms with E-state index in [2.05, 4.69) is 20.5 Å². The van der Waals surface area contributed by atoms with Gasteiger partial charge in [-0.1, -0.05) is 17.7 Å². The molecule has 5 rings (SSSR count). The summed E-state index contributed by atoms with van der Waals surface area (Å²) in [5, 5.41) is 17.0. The number of halogens is 1. The van der Waals surface area contributed by atoms with E-state index in [0.29, 0.717) is 17.9 Å². The van der Waals surface area contributed by atoms with Gasteiger partial charge in [0.15, 0.2) is 0 Å². The molecule has 0 bridgehead atoms. The third-order valence-corrected chi connectivity index (χ3v) is 7.85. The number of carbonyl (C=O) groups excluding carboxylic acids is 3. The van der Waals surface area contributed by atoms with Gasteiger partial charge in [0.25, 0.3) is 5.91 Å². The van der Waals surface area contributed by atoms with Crippen molar-refractivity contribution in [1.29, 1.82) is 0 Å². The molecule has 10 nitrogen and oxygen atoms in total. The van der Waals surface area contributed by atoms with Gasteiger partial charge in [0.05, 0.1) is 23.1 Å². The van der Waals surface area contributed by atoms with Crippen LogP contribution in [0.15, 0.2) is 40.9 Å². The van der Waals surface area contributed by atoms with Gasteiger partial charge < -0.3 is 24.9 Å². The number of furan rings is 1. The third kappa shape index (κ3) is 5.78. The second kappa shape index (κ2) is 11.7. The number of aromatic nitrogens is 1. The molecule has 1 unspecified atom stereocenters. The van der Waals surface area contributed by atoms with E-state index in [4.69, 9.17) is 20.8 Å². The van der Waals surface area contributed by atoms with Gasteiger partial charge in [-0.25, -0.2) is 9.78 Å². The number of benzene rings is 1. The van der Waals surface area contributed by atoms with Crippen LogP contribution in [0.5, 0.6) is 0 Å². The average molecular weight is 555 g/mol. The molecular weight excluding hydrogens is 524 g/mol. The maximum atomic E-state index is 13.5. The van der Waals surface area contributed by atoms with Crippen LogP contribution in [0.4, 0.5) is 11.5 Å². The molecule has 11 heteroatoms. The number of fused-ring (bicyclic) bond motifs is 1. The lowest BCUT2D eigenvalue weighted by Gasteiger charge is -2.35. The fourth-order valence-corrected chi connectivity index (χ4v) is 5.65. The SMILES string of the molecule is COC(=O)c1cccc2oc(C(=O)Nc3ccc(Cl)cn3)c(NC(=O)[C@H]3CC[C@H](C(O)N4CCCC4)CC3)c12. The number of aliphatic hydroxyl groups excluding tert-OH is 1. The van der Waals surface area contributed by atoms with Crippen LogP contribution in [0.1, 0.15) is 59.4 Å². The normalized spacial score (nSPS) is 20.5. The molecule has 1 aliphatic carbocycles. The Morgan fingerprint density at radius 3 is 2.51 bits per heavy atom. The molecule has 2 aromatic heterocycles. The number of aliphatic hydroxyl groups is 1. The summed E-state index contributed by atoms with van der Waals surface area (Å²) in [7, 11) is 1.26. The first-order valence-corrected chi connectivity index (χ1v) is 13.5. The van der Waals surface area contributed by atoms with E-state index in [1.54, 1.807) is 24.3 Å². The van der Waals surface area contributed by atoms with Gasteiger partial charge in [0.1, 0.15) is 23.3 Å². The minimum Gasteiger partial charge on any atom is -0.465 e. The van der Waals surface area contributed by atoms with Gasteiger partial charge in [-0.2, -0.15) is 0 Å². The summed E-state index contributed by atoms with van der Waals surface area (Å²) in [4.78, 5) is 45.5. The zero-order valence-electron chi connectivity index (χ0n) is 21.6. The van der Waals surface area contributed by atoms with E-state index in [9.17, 15) is 19.5 Å². The zero-order valence-corrected chi connectivity index (χ0v) is 22.4. The number of carbonyl (C=O) groups is 3. The van der Waals surface area contributed by atoms with Crippen LogP contribution >= 0.6 is 11.6 Å². The molecule has 2 amide bonds. The van der Waals surface area contributed by atoms with E-state index >= 15 is 0 Å². The van der Waals surface area contributed by atoms with Gasteiger partial charge >= 0.3 is 5.97 Å². The summed E-state index contributed by atoms with van der Waals surface area (Å²) < 4.78 is 10.8. The lowest BCUT2D eigenvalue weighted by molar-refractivity contribution is -0.122. The van der Waals surface area contributed by atoms with Gasteiger partial charge in [0, 0.05) is 25.2 Å². The van der Waals surface area contributed by atoms with Gasteiger partial charge in [-0.05, 0) is 68.7 Å². The van der Waals surface area contributed by atoms with Gasteiger partial charge in [0.2, 0.25) is 11.7 Å². The molecule has 1 aromatic carbocycles. The summed E-state index contributed by atoms with van der Waals surface area (Å²) in [6, 6.07) is 7.89. The number of amides is 2. The topological polar surface area (TPSA) is 134 Å². The van der Waals surface area contributed by atoms with Crippen LogP contribution in [-0.2, 0) is 9.53 Å². The van der Waals surface area contributed by atoms with Gasteiger partial charge in [-0.3, -0.25) is 14.5 Å². The van der Waals surface area contributed by atoms with E-state index < -0.39 is 18.1 Å². The highest BCUT2D eigenvalue weighted by atomic mass is 35.5. The van der Waals surface area contributed by atoms with Crippen LogP contribution in [-0.4, -0.2) is 59.2 Å². The number of methoxy groups -OCH3 is 1. The molecule has 206 valence electrons. The van der Waals surface area contributed by atoms with Crippen molar-refractivity contribution < 1.29 is 28.6 Å². The maximum absolute atomic E-state index is 13.5. The molecule has 1 saturated carbocycles. The summed E-state index contributed by atoms with van der Waals surface area (Å²) in [5.74, 6) is -1.65. The second-order valence-electron chi connectivity index (χ2n) is 10.0. The number of ether oxygens (including phenoxy) is 1. The van der Waals surface area contributed by atoms with E-state index in [1.807, 2.05) is 0 Å². The Morgan fingerprint density at radius 2 is 1.85 bits per heavy atom. The van der Waals surface area contributed by atoms with Crippen molar-refractivity contribution in [1.82, 2.24) is 9.88 Å². The lowest BCUT2D eigenvalue weighted by atomic mass is 9.80. The Labute approximate surface area is 230 Å². The number of anilines is 2. The van der Waals surface area contributed by atoms with Crippen molar-refractivity contribution >= 4 is 51.9 Å². The van der Waals surface area contributed by atoms with Crippen LogP contribution < -0.4 is 10.6 Å². The molecule has 2 fully saturated rings. The van der Waals surface area contributed by atoms with Crippen LogP contribution in [0.3, 0.4) is 0 Å². The van der Waals surface area contributed by atoms with Crippen molar-refractivity contribution in [3.05, 3.63) is 52.9 Å². The molecule has 1 atom stereocenters. The van der Waals surface area contributed by atoms with Crippen molar-refractivity contribution in [3.8, 4) is 0 Å². The van der Waals surface area contributed by atoms with E-state index in [0.717, 1.165) is 38.8 Å². The number of hydrogen-bond donors (Lipinski definition) is 3. The summed E-state index contributed by atoms with van der Waals surface area (Å²) in [5.41, 5.74) is 0.511.